The average Bonchev–Trinajstić information content (AvgIpc) is 2.48. The fourth-order valence-corrected chi connectivity index (χ4v) is 2.79. The maximum absolute atomic E-state index is 12.2. The standard InChI is InChI=1S/C15H14N2O2S/c1-2-12-3-7-14(8-4-12)17-20(18,19)15-9-5-13(11-16)6-10-15/h3-10,17H,2H2,1H3. The lowest BCUT2D eigenvalue weighted by atomic mass is 10.2. The minimum absolute atomic E-state index is 0.135. The van der Waals surface area contributed by atoms with E-state index in [1.807, 2.05) is 25.1 Å². The Hall–Kier alpha value is -2.32. The summed E-state index contributed by atoms with van der Waals surface area (Å²) in [4.78, 5) is 0.135. The van der Waals surface area contributed by atoms with Crippen LogP contribution in [0, 0.1) is 11.3 Å². The summed E-state index contributed by atoms with van der Waals surface area (Å²) in [5.74, 6) is 0. The first-order chi connectivity index (χ1) is 9.55. The molecule has 5 heteroatoms. The van der Waals surface area contributed by atoms with Crippen molar-refractivity contribution in [3.63, 3.8) is 0 Å². The van der Waals surface area contributed by atoms with Crippen LogP contribution in [0.3, 0.4) is 0 Å². The van der Waals surface area contributed by atoms with Gasteiger partial charge in [-0.05, 0) is 48.4 Å². The molecule has 0 fully saturated rings. The van der Waals surface area contributed by atoms with Crippen molar-refractivity contribution in [2.24, 2.45) is 0 Å². The maximum atomic E-state index is 12.2. The van der Waals surface area contributed by atoms with Crippen LogP contribution < -0.4 is 4.72 Å². The summed E-state index contributed by atoms with van der Waals surface area (Å²) in [7, 11) is -3.62. The number of rotatable bonds is 4. The molecule has 20 heavy (non-hydrogen) atoms. The summed E-state index contributed by atoms with van der Waals surface area (Å²) in [6.45, 7) is 2.04. The van der Waals surface area contributed by atoms with Gasteiger partial charge >= 0.3 is 0 Å². The van der Waals surface area contributed by atoms with Gasteiger partial charge in [0.15, 0.2) is 0 Å². The average molecular weight is 286 g/mol. The summed E-state index contributed by atoms with van der Waals surface area (Å²) in [5.41, 5.74) is 2.09. The highest BCUT2D eigenvalue weighted by atomic mass is 32.2. The van der Waals surface area contributed by atoms with Gasteiger partial charge in [0.05, 0.1) is 16.5 Å². The first-order valence-electron chi connectivity index (χ1n) is 6.17. The van der Waals surface area contributed by atoms with Gasteiger partial charge in [0.2, 0.25) is 0 Å². The van der Waals surface area contributed by atoms with Gasteiger partial charge in [-0.15, -0.1) is 0 Å². The van der Waals surface area contributed by atoms with Crippen molar-refractivity contribution >= 4 is 15.7 Å². The van der Waals surface area contributed by atoms with Crippen LogP contribution in [0.5, 0.6) is 0 Å². The molecule has 0 unspecified atom stereocenters. The summed E-state index contributed by atoms with van der Waals surface area (Å²) >= 11 is 0. The molecule has 0 atom stereocenters. The molecule has 102 valence electrons. The SMILES string of the molecule is CCc1ccc(NS(=O)(=O)c2ccc(C#N)cc2)cc1. The third-order valence-corrected chi connectivity index (χ3v) is 4.31. The van der Waals surface area contributed by atoms with Crippen molar-refractivity contribution in [1.82, 2.24) is 0 Å². The molecule has 2 aromatic rings. The molecule has 0 aromatic heterocycles. The predicted octanol–water partition coefficient (Wildman–Crippen LogP) is 2.92. The number of benzene rings is 2. The molecular formula is C15H14N2O2S. The highest BCUT2D eigenvalue weighted by molar-refractivity contribution is 7.92. The van der Waals surface area contributed by atoms with Crippen molar-refractivity contribution in [1.29, 1.82) is 5.26 Å². The summed E-state index contributed by atoms with van der Waals surface area (Å²) < 4.78 is 26.8. The van der Waals surface area contributed by atoms with Crippen LogP contribution >= 0.6 is 0 Å². The Balaban J connectivity index is 2.23. The quantitative estimate of drug-likeness (QED) is 0.939. The third-order valence-electron chi connectivity index (χ3n) is 2.91. The monoisotopic (exact) mass is 286 g/mol. The summed E-state index contributed by atoms with van der Waals surface area (Å²) in [5, 5.41) is 8.70. The van der Waals surface area contributed by atoms with E-state index in [0.29, 0.717) is 11.3 Å². The van der Waals surface area contributed by atoms with Gasteiger partial charge in [-0.1, -0.05) is 19.1 Å². The second-order valence-electron chi connectivity index (χ2n) is 4.29. The molecule has 2 aromatic carbocycles. The van der Waals surface area contributed by atoms with Crippen LogP contribution in [0.1, 0.15) is 18.1 Å². The van der Waals surface area contributed by atoms with Crippen molar-refractivity contribution < 1.29 is 8.42 Å². The van der Waals surface area contributed by atoms with Crippen LogP contribution in [0.25, 0.3) is 0 Å². The van der Waals surface area contributed by atoms with E-state index in [2.05, 4.69) is 4.72 Å². The molecule has 0 amide bonds. The fraction of sp³-hybridized carbons (Fsp3) is 0.133. The number of nitriles is 1. The van der Waals surface area contributed by atoms with Gasteiger partial charge < -0.3 is 0 Å². The van der Waals surface area contributed by atoms with E-state index in [1.165, 1.54) is 24.3 Å². The molecule has 2 rings (SSSR count). The zero-order valence-electron chi connectivity index (χ0n) is 11.0. The Labute approximate surface area is 118 Å². The fourth-order valence-electron chi connectivity index (χ4n) is 1.73. The Bertz CT molecular complexity index is 727. The second-order valence-corrected chi connectivity index (χ2v) is 5.97. The van der Waals surface area contributed by atoms with E-state index in [0.717, 1.165) is 12.0 Å². The van der Waals surface area contributed by atoms with E-state index in [1.54, 1.807) is 12.1 Å². The maximum Gasteiger partial charge on any atom is 0.261 e. The Kier molecular flexibility index (Phi) is 4.06. The lowest BCUT2D eigenvalue weighted by Crippen LogP contribution is -2.12. The first-order valence-corrected chi connectivity index (χ1v) is 7.65. The lowest BCUT2D eigenvalue weighted by molar-refractivity contribution is 0.601. The minimum Gasteiger partial charge on any atom is -0.280 e. The summed E-state index contributed by atoms with van der Waals surface area (Å²) in [6.07, 6.45) is 0.905. The van der Waals surface area contributed by atoms with Crippen LogP contribution in [0.2, 0.25) is 0 Å². The van der Waals surface area contributed by atoms with Crippen LogP contribution in [0.15, 0.2) is 53.4 Å². The Morgan fingerprint density at radius 3 is 2.15 bits per heavy atom. The van der Waals surface area contributed by atoms with Crippen molar-refractivity contribution in [3.05, 3.63) is 59.7 Å². The Morgan fingerprint density at radius 1 is 1.05 bits per heavy atom. The first kappa shape index (κ1) is 14.1. The smallest absolute Gasteiger partial charge is 0.261 e. The number of nitrogens with one attached hydrogen (secondary N) is 1. The van der Waals surface area contributed by atoms with E-state index in [-0.39, 0.29) is 4.90 Å². The second kappa shape index (κ2) is 5.76. The zero-order valence-corrected chi connectivity index (χ0v) is 11.8. The van der Waals surface area contributed by atoms with Crippen LogP contribution in [-0.4, -0.2) is 8.42 Å². The van der Waals surface area contributed by atoms with Crippen LogP contribution in [0.4, 0.5) is 5.69 Å². The minimum atomic E-state index is -3.62. The van der Waals surface area contributed by atoms with Gasteiger partial charge in [0.25, 0.3) is 10.0 Å². The van der Waals surface area contributed by atoms with E-state index < -0.39 is 10.0 Å². The molecule has 0 aliphatic carbocycles. The molecule has 0 spiro atoms. The molecular weight excluding hydrogens is 272 g/mol. The number of anilines is 1. The normalized spacial score (nSPS) is 10.8. The van der Waals surface area contributed by atoms with Gasteiger partial charge in [-0.25, -0.2) is 8.42 Å². The summed E-state index contributed by atoms with van der Waals surface area (Å²) in [6, 6.07) is 15.0. The highest BCUT2D eigenvalue weighted by Crippen LogP contribution is 2.17. The Morgan fingerprint density at radius 2 is 1.65 bits per heavy atom. The van der Waals surface area contributed by atoms with Gasteiger partial charge in [-0.3, -0.25) is 4.72 Å². The van der Waals surface area contributed by atoms with E-state index in [4.69, 9.17) is 5.26 Å². The number of aryl methyl sites for hydroxylation is 1. The zero-order chi connectivity index (χ0) is 14.6. The predicted molar refractivity (Wildman–Crippen MR) is 77.8 cm³/mol. The molecule has 0 aliphatic heterocycles. The van der Waals surface area contributed by atoms with Gasteiger partial charge in [0.1, 0.15) is 0 Å². The molecule has 0 radical (unpaired) electrons. The van der Waals surface area contributed by atoms with Crippen LogP contribution in [-0.2, 0) is 16.4 Å². The molecule has 0 saturated heterocycles. The largest absolute Gasteiger partial charge is 0.280 e. The molecule has 4 nitrogen and oxygen atoms in total. The molecule has 0 bridgehead atoms. The van der Waals surface area contributed by atoms with Crippen molar-refractivity contribution in [3.8, 4) is 6.07 Å². The van der Waals surface area contributed by atoms with Gasteiger partial charge in [0, 0.05) is 5.69 Å². The van der Waals surface area contributed by atoms with E-state index >= 15 is 0 Å². The number of nitrogens with zero attached hydrogens (tertiary/aromatic N) is 1. The lowest BCUT2D eigenvalue weighted by Gasteiger charge is -2.08. The van der Waals surface area contributed by atoms with Crippen molar-refractivity contribution in [2.45, 2.75) is 18.2 Å². The number of hydrogen-bond acceptors (Lipinski definition) is 3. The number of hydrogen-bond donors (Lipinski definition) is 1. The van der Waals surface area contributed by atoms with Gasteiger partial charge in [-0.2, -0.15) is 5.26 Å². The molecule has 1 N–H and O–H groups in total. The highest BCUT2D eigenvalue weighted by Gasteiger charge is 2.13. The molecule has 0 aliphatic rings. The molecule has 0 heterocycles. The topological polar surface area (TPSA) is 70.0 Å². The molecule has 0 saturated carbocycles. The van der Waals surface area contributed by atoms with E-state index in [9.17, 15) is 8.42 Å². The third kappa shape index (κ3) is 3.16. The van der Waals surface area contributed by atoms with Crippen molar-refractivity contribution in [2.75, 3.05) is 4.72 Å². The number of sulfonamides is 1.